The maximum Gasteiger partial charge on any atom is 0.167 e. The summed E-state index contributed by atoms with van der Waals surface area (Å²) >= 11 is 17.4. The van der Waals surface area contributed by atoms with Crippen LogP contribution in [0.5, 0.6) is 0 Å². The van der Waals surface area contributed by atoms with E-state index < -0.39 is 11.6 Å². The van der Waals surface area contributed by atoms with E-state index in [9.17, 15) is 8.78 Å². The lowest BCUT2D eigenvalue weighted by Gasteiger charge is -2.12. The first kappa shape index (κ1) is 18.7. The molecule has 0 aliphatic rings. The molecule has 4 aromatic rings. The van der Waals surface area contributed by atoms with Crippen molar-refractivity contribution in [3.8, 4) is 21.6 Å². The van der Waals surface area contributed by atoms with E-state index >= 15 is 0 Å². The number of rotatable bonds is 2. The van der Waals surface area contributed by atoms with Crippen molar-refractivity contribution in [2.75, 3.05) is 0 Å². The van der Waals surface area contributed by atoms with Crippen LogP contribution in [0.1, 0.15) is 5.56 Å². The quantitative estimate of drug-likeness (QED) is 0.272. The molecule has 0 atom stereocenters. The van der Waals surface area contributed by atoms with Gasteiger partial charge in [-0.25, -0.2) is 18.7 Å². The van der Waals surface area contributed by atoms with Gasteiger partial charge in [-0.2, -0.15) is 0 Å². The predicted octanol–water partition coefficient (Wildman–Crippen LogP) is 7.68. The Labute approximate surface area is 175 Å². The van der Waals surface area contributed by atoms with Gasteiger partial charge in [0.15, 0.2) is 11.6 Å². The van der Waals surface area contributed by atoms with Crippen molar-refractivity contribution >= 4 is 60.7 Å². The molecule has 2 nitrogen and oxygen atoms in total. The van der Waals surface area contributed by atoms with Gasteiger partial charge >= 0.3 is 0 Å². The molecule has 0 radical (unpaired) electrons. The van der Waals surface area contributed by atoms with Crippen molar-refractivity contribution in [2.45, 2.75) is 6.92 Å². The Morgan fingerprint density at radius 3 is 2.59 bits per heavy atom. The van der Waals surface area contributed by atoms with Crippen LogP contribution in [0.4, 0.5) is 8.78 Å². The lowest BCUT2D eigenvalue weighted by molar-refractivity contribution is 0.511. The van der Waals surface area contributed by atoms with Gasteiger partial charge in [-0.3, -0.25) is 0 Å². The zero-order valence-electron chi connectivity index (χ0n) is 13.7. The molecule has 2 heterocycles. The van der Waals surface area contributed by atoms with Crippen LogP contribution in [-0.4, -0.2) is 9.97 Å². The van der Waals surface area contributed by atoms with Crippen LogP contribution in [0.3, 0.4) is 0 Å². The molecule has 27 heavy (non-hydrogen) atoms. The monoisotopic (exact) mass is 484 g/mol. The number of hydrogen-bond donors (Lipinski definition) is 0. The van der Waals surface area contributed by atoms with Crippen molar-refractivity contribution in [3.05, 3.63) is 68.5 Å². The van der Waals surface area contributed by atoms with Gasteiger partial charge in [-0.05, 0) is 46.1 Å². The third-order valence-electron chi connectivity index (χ3n) is 4.25. The predicted molar refractivity (Wildman–Crippen MR) is 111 cm³/mol. The summed E-state index contributed by atoms with van der Waals surface area (Å²) < 4.78 is 29.2. The second-order valence-electron chi connectivity index (χ2n) is 5.79. The number of halogens is 5. The zero-order chi connectivity index (χ0) is 19.3. The molecule has 4 rings (SSSR count). The second-order valence-corrected chi connectivity index (χ2v) is 8.38. The maximum absolute atomic E-state index is 14.6. The first-order valence-electron chi connectivity index (χ1n) is 7.72. The number of hydrogen-bond acceptors (Lipinski definition) is 3. The molecule has 136 valence electrons. The number of aromatic nitrogens is 2. The number of thiophene rings is 1. The molecular formula is C19H9BrCl2F2N2S. The summed E-state index contributed by atoms with van der Waals surface area (Å²) in [5.74, 6) is -1.84. The van der Waals surface area contributed by atoms with Crippen LogP contribution < -0.4 is 0 Å². The van der Waals surface area contributed by atoms with Crippen LogP contribution in [0.2, 0.25) is 10.2 Å². The third-order valence-corrected chi connectivity index (χ3v) is 7.04. The zero-order valence-corrected chi connectivity index (χ0v) is 17.6. The SMILES string of the molecule is Cc1c(-c2c(-c3cccc(F)c3F)sc3ncnc(Cl)c23)ccc(Br)c1Cl. The minimum Gasteiger partial charge on any atom is -0.225 e. The molecule has 0 amide bonds. The molecule has 0 saturated heterocycles. The standard InChI is InChI=1S/C19H9BrCl2F2N2S/c1-8-9(5-6-11(20)15(8)21)13-14-18(22)25-7-26-19(14)27-17(13)10-3-2-4-12(23)16(10)24/h2-7H,1H3. The smallest absolute Gasteiger partial charge is 0.167 e. The lowest BCUT2D eigenvalue weighted by atomic mass is 9.96. The first-order valence-corrected chi connectivity index (χ1v) is 10.1. The van der Waals surface area contributed by atoms with Gasteiger partial charge in [-0.15, -0.1) is 11.3 Å². The molecule has 0 saturated carbocycles. The minimum absolute atomic E-state index is 0.141. The van der Waals surface area contributed by atoms with E-state index in [1.54, 1.807) is 6.07 Å². The van der Waals surface area contributed by atoms with Gasteiger partial charge in [0.25, 0.3) is 0 Å². The van der Waals surface area contributed by atoms with Gasteiger partial charge in [0.1, 0.15) is 16.3 Å². The Kier molecular flexibility index (Phi) is 4.93. The van der Waals surface area contributed by atoms with Gasteiger partial charge in [-0.1, -0.05) is 41.4 Å². The Morgan fingerprint density at radius 1 is 1.04 bits per heavy atom. The van der Waals surface area contributed by atoms with E-state index in [0.717, 1.165) is 21.7 Å². The average molecular weight is 486 g/mol. The molecule has 8 heteroatoms. The summed E-state index contributed by atoms with van der Waals surface area (Å²) in [6.45, 7) is 1.86. The largest absolute Gasteiger partial charge is 0.225 e. The van der Waals surface area contributed by atoms with Gasteiger partial charge in [0, 0.05) is 20.5 Å². The molecule has 0 fully saturated rings. The van der Waals surface area contributed by atoms with E-state index in [2.05, 4.69) is 25.9 Å². The second kappa shape index (κ2) is 7.09. The Hall–Kier alpha value is -1.60. The Bertz CT molecular complexity index is 1210. The van der Waals surface area contributed by atoms with Crippen LogP contribution in [0.25, 0.3) is 31.8 Å². The fraction of sp³-hybridized carbons (Fsp3) is 0.0526. The van der Waals surface area contributed by atoms with Crippen molar-refractivity contribution in [3.63, 3.8) is 0 Å². The summed E-state index contributed by atoms with van der Waals surface area (Å²) in [5.41, 5.74) is 2.31. The third kappa shape index (κ3) is 3.05. The molecule has 0 aliphatic carbocycles. The summed E-state index contributed by atoms with van der Waals surface area (Å²) in [7, 11) is 0. The highest BCUT2D eigenvalue weighted by molar-refractivity contribution is 9.10. The van der Waals surface area contributed by atoms with E-state index in [4.69, 9.17) is 23.2 Å². The normalized spacial score (nSPS) is 11.3. The molecule has 2 aromatic heterocycles. The highest BCUT2D eigenvalue weighted by atomic mass is 79.9. The molecular weight excluding hydrogens is 477 g/mol. The minimum atomic E-state index is -0.921. The van der Waals surface area contributed by atoms with Crippen LogP contribution in [0.15, 0.2) is 41.1 Å². The fourth-order valence-electron chi connectivity index (χ4n) is 2.95. The molecule has 0 aliphatic heterocycles. The number of nitrogens with zero attached hydrogens (tertiary/aromatic N) is 2. The van der Waals surface area contributed by atoms with Crippen molar-refractivity contribution in [1.29, 1.82) is 0 Å². The highest BCUT2D eigenvalue weighted by Gasteiger charge is 2.24. The summed E-state index contributed by atoms with van der Waals surface area (Å²) in [6, 6.07) is 7.75. The number of fused-ring (bicyclic) bond motifs is 1. The summed E-state index contributed by atoms with van der Waals surface area (Å²) in [5, 5.41) is 1.36. The summed E-state index contributed by atoms with van der Waals surface area (Å²) in [4.78, 5) is 9.43. The lowest BCUT2D eigenvalue weighted by Crippen LogP contribution is -1.91. The maximum atomic E-state index is 14.6. The number of benzene rings is 2. The Morgan fingerprint density at radius 2 is 1.81 bits per heavy atom. The van der Waals surface area contributed by atoms with Gasteiger partial charge < -0.3 is 0 Å². The molecule has 0 N–H and O–H groups in total. The van der Waals surface area contributed by atoms with E-state index in [1.165, 1.54) is 29.8 Å². The van der Waals surface area contributed by atoms with Crippen molar-refractivity contribution in [1.82, 2.24) is 9.97 Å². The van der Waals surface area contributed by atoms with Crippen LogP contribution in [0, 0.1) is 18.6 Å². The van der Waals surface area contributed by atoms with Crippen LogP contribution in [-0.2, 0) is 0 Å². The molecule has 2 aromatic carbocycles. The first-order chi connectivity index (χ1) is 12.9. The molecule has 0 bridgehead atoms. The Balaban J connectivity index is 2.16. The van der Waals surface area contributed by atoms with E-state index in [0.29, 0.717) is 25.7 Å². The van der Waals surface area contributed by atoms with E-state index in [1.807, 2.05) is 13.0 Å². The van der Waals surface area contributed by atoms with Gasteiger partial charge in [0.05, 0.1) is 10.4 Å². The summed E-state index contributed by atoms with van der Waals surface area (Å²) in [6.07, 6.45) is 1.35. The van der Waals surface area contributed by atoms with Crippen LogP contribution >= 0.6 is 50.5 Å². The van der Waals surface area contributed by atoms with E-state index in [-0.39, 0.29) is 10.7 Å². The van der Waals surface area contributed by atoms with Crippen molar-refractivity contribution in [2.24, 2.45) is 0 Å². The average Bonchev–Trinajstić information content (AvgIpc) is 3.03. The highest BCUT2D eigenvalue weighted by Crippen LogP contribution is 2.48. The fourth-order valence-corrected chi connectivity index (χ4v) is 5.00. The van der Waals surface area contributed by atoms with Gasteiger partial charge in [0.2, 0.25) is 0 Å². The molecule has 0 unspecified atom stereocenters. The molecule has 0 spiro atoms. The van der Waals surface area contributed by atoms with Crippen molar-refractivity contribution < 1.29 is 8.78 Å². The topological polar surface area (TPSA) is 25.8 Å².